The quantitative estimate of drug-likeness (QED) is 0.358. The van der Waals surface area contributed by atoms with Crippen LogP contribution < -0.4 is 4.74 Å². The lowest BCUT2D eigenvalue weighted by molar-refractivity contribution is -0.143. The maximum atomic E-state index is 11.9. The molecule has 4 nitrogen and oxygen atoms in total. The second kappa shape index (κ2) is 8.81. The molecule has 0 aromatic heterocycles. The molecule has 3 rings (SSSR count). The Morgan fingerprint density at radius 2 is 1.77 bits per heavy atom. The van der Waals surface area contributed by atoms with Gasteiger partial charge in [-0.05, 0) is 40.5 Å². The molecule has 3 aromatic rings. The van der Waals surface area contributed by atoms with E-state index < -0.39 is 0 Å². The van der Waals surface area contributed by atoms with Gasteiger partial charge in [-0.1, -0.05) is 59.8 Å². The highest BCUT2D eigenvalue weighted by atomic mass is 16.7. The van der Waals surface area contributed by atoms with Gasteiger partial charge in [0.05, 0.1) is 13.5 Å². The molecule has 0 atom stereocenters. The zero-order valence-corrected chi connectivity index (χ0v) is 14.7. The van der Waals surface area contributed by atoms with Crippen LogP contribution in [0.15, 0.2) is 71.9 Å². The number of hydrogen-bond donors (Lipinski definition) is 0. The van der Waals surface area contributed by atoms with Gasteiger partial charge in [-0.25, -0.2) is 4.79 Å². The molecule has 0 aliphatic rings. The first kappa shape index (κ1) is 17.7. The Hall–Kier alpha value is -3.14. The van der Waals surface area contributed by atoms with Crippen LogP contribution >= 0.6 is 0 Å². The summed E-state index contributed by atoms with van der Waals surface area (Å²) in [7, 11) is 1.63. The minimum Gasteiger partial charge on any atom is -0.497 e. The fourth-order valence-electron chi connectivity index (χ4n) is 2.79. The number of aryl methyl sites for hydroxylation is 1. The number of nitrogens with zero attached hydrogens (tertiary/aromatic N) is 1. The van der Waals surface area contributed by atoms with Crippen LogP contribution in [0.25, 0.3) is 10.8 Å². The van der Waals surface area contributed by atoms with Crippen molar-refractivity contribution in [3.63, 3.8) is 0 Å². The third-order valence-corrected chi connectivity index (χ3v) is 4.19. The third kappa shape index (κ3) is 4.70. The van der Waals surface area contributed by atoms with E-state index in [2.05, 4.69) is 23.4 Å². The summed E-state index contributed by atoms with van der Waals surface area (Å²) in [6.45, 7) is 0. The summed E-state index contributed by atoms with van der Waals surface area (Å²) in [4.78, 5) is 16.8. The predicted octanol–water partition coefficient (Wildman–Crippen LogP) is 4.55. The topological polar surface area (TPSA) is 47.9 Å². The van der Waals surface area contributed by atoms with Crippen molar-refractivity contribution in [2.45, 2.75) is 19.3 Å². The van der Waals surface area contributed by atoms with Gasteiger partial charge in [0, 0.05) is 12.6 Å². The number of carbonyl (C=O) groups excluding carboxylic acids is 1. The van der Waals surface area contributed by atoms with Gasteiger partial charge in [-0.15, -0.1) is 0 Å². The summed E-state index contributed by atoms with van der Waals surface area (Å²) in [5.74, 6) is 0.481. The van der Waals surface area contributed by atoms with Gasteiger partial charge in [0.25, 0.3) is 0 Å². The van der Waals surface area contributed by atoms with Gasteiger partial charge in [0.2, 0.25) is 0 Å². The van der Waals surface area contributed by atoms with Crippen molar-refractivity contribution in [2.75, 3.05) is 7.11 Å². The highest BCUT2D eigenvalue weighted by Gasteiger charge is 2.06. The Morgan fingerprint density at radius 1 is 1.00 bits per heavy atom. The van der Waals surface area contributed by atoms with E-state index in [9.17, 15) is 4.79 Å². The molecule has 26 heavy (non-hydrogen) atoms. The number of hydrogen-bond acceptors (Lipinski definition) is 4. The summed E-state index contributed by atoms with van der Waals surface area (Å²) in [6.07, 6.45) is 3.13. The number of ether oxygens (including phenoxy) is 1. The summed E-state index contributed by atoms with van der Waals surface area (Å²) < 4.78 is 5.11. The molecule has 0 heterocycles. The molecule has 0 saturated carbocycles. The van der Waals surface area contributed by atoms with E-state index in [0.29, 0.717) is 19.3 Å². The molecule has 0 spiro atoms. The monoisotopic (exact) mass is 347 g/mol. The van der Waals surface area contributed by atoms with E-state index in [0.717, 1.165) is 16.9 Å². The van der Waals surface area contributed by atoms with Gasteiger partial charge in [0.15, 0.2) is 0 Å². The number of rotatable bonds is 7. The summed E-state index contributed by atoms with van der Waals surface area (Å²) >= 11 is 0. The molecule has 132 valence electrons. The molecule has 0 amide bonds. The zero-order chi connectivity index (χ0) is 18.2. The minimum atomic E-state index is -0.330. The van der Waals surface area contributed by atoms with Gasteiger partial charge < -0.3 is 9.57 Å². The van der Waals surface area contributed by atoms with E-state index in [1.165, 1.54) is 10.8 Å². The number of fused-ring (bicyclic) bond motifs is 1. The van der Waals surface area contributed by atoms with E-state index in [1.54, 1.807) is 13.3 Å². The molecule has 3 aromatic carbocycles. The molecule has 0 aliphatic heterocycles. The molecular weight excluding hydrogens is 326 g/mol. The van der Waals surface area contributed by atoms with Crippen molar-refractivity contribution >= 4 is 23.0 Å². The van der Waals surface area contributed by atoms with Crippen LogP contribution in [-0.4, -0.2) is 19.3 Å². The first-order valence-corrected chi connectivity index (χ1v) is 8.57. The predicted molar refractivity (Wildman–Crippen MR) is 104 cm³/mol. The summed E-state index contributed by atoms with van der Waals surface area (Å²) in [6, 6.07) is 22.0. The van der Waals surface area contributed by atoms with Crippen molar-refractivity contribution in [1.82, 2.24) is 0 Å². The fraction of sp³-hybridized carbons (Fsp3) is 0.182. The van der Waals surface area contributed by atoms with Crippen LogP contribution in [0.4, 0.5) is 0 Å². The largest absolute Gasteiger partial charge is 0.497 e. The molecule has 0 fully saturated rings. The van der Waals surface area contributed by atoms with Crippen LogP contribution in [0.3, 0.4) is 0 Å². The Kier molecular flexibility index (Phi) is 5.99. The van der Waals surface area contributed by atoms with E-state index in [4.69, 9.17) is 9.57 Å². The lowest BCUT2D eigenvalue weighted by Crippen LogP contribution is -2.02. The number of methoxy groups -OCH3 is 1. The van der Waals surface area contributed by atoms with Gasteiger partial charge in [-0.2, -0.15) is 0 Å². The van der Waals surface area contributed by atoms with Crippen LogP contribution in [0.2, 0.25) is 0 Å². The molecule has 4 heteroatoms. The first-order chi connectivity index (χ1) is 12.8. The Labute approximate surface area is 153 Å². The Morgan fingerprint density at radius 3 is 2.58 bits per heavy atom. The van der Waals surface area contributed by atoms with Crippen LogP contribution in [0.5, 0.6) is 5.75 Å². The van der Waals surface area contributed by atoms with Gasteiger partial charge in [-0.3, -0.25) is 0 Å². The average Bonchev–Trinajstić information content (AvgIpc) is 2.70. The first-order valence-electron chi connectivity index (χ1n) is 8.57. The van der Waals surface area contributed by atoms with E-state index >= 15 is 0 Å². The average molecular weight is 347 g/mol. The molecule has 0 unspecified atom stereocenters. The lowest BCUT2D eigenvalue weighted by atomic mass is 10.0. The number of benzene rings is 3. The summed E-state index contributed by atoms with van der Waals surface area (Å²) in [5.41, 5.74) is 2.21. The molecule has 0 radical (unpaired) electrons. The van der Waals surface area contributed by atoms with Crippen molar-refractivity contribution in [3.05, 3.63) is 77.9 Å². The normalized spacial score (nSPS) is 11.0. The number of carbonyl (C=O) groups is 1. The minimum absolute atomic E-state index is 0.299. The van der Waals surface area contributed by atoms with E-state index in [1.807, 2.05) is 48.5 Å². The summed E-state index contributed by atoms with van der Waals surface area (Å²) in [5, 5.41) is 6.13. The van der Waals surface area contributed by atoms with Crippen molar-refractivity contribution in [3.8, 4) is 5.75 Å². The standard InChI is InChI=1S/C22H21NO3/c1-25-20-12-9-17(10-13-20)15-16-23-26-22(24)14-11-19-7-4-6-18-5-2-3-8-21(18)19/h2-10,12-13,16H,11,14-15H2,1H3/b23-16+. The molecule has 0 N–H and O–H groups in total. The van der Waals surface area contributed by atoms with Gasteiger partial charge in [0.1, 0.15) is 5.75 Å². The molecular formula is C22H21NO3. The molecule has 0 bridgehead atoms. The van der Waals surface area contributed by atoms with Crippen LogP contribution in [0.1, 0.15) is 17.5 Å². The zero-order valence-electron chi connectivity index (χ0n) is 14.7. The van der Waals surface area contributed by atoms with Crippen LogP contribution in [0, 0.1) is 0 Å². The van der Waals surface area contributed by atoms with Gasteiger partial charge >= 0.3 is 5.97 Å². The smallest absolute Gasteiger partial charge is 0.335 e. The van der Waals surface area contributed by atoms with Crippen molar-refractivity contribution < 1.29 is 14.4 Å². The lowest BCUT2D eigenvalue weighted by Gasteiger charge is -2.05. The fourth-order valence-corrected chi connectivity index (χ4v) is 2.79. The van der Waals surface area contributed by atoms with Crippen molar-refractivity contribution in [2.24, 2.45) is 5.16 Å². The highest BCUT2D eigenvalue weighted by Crippen LogP contribution is 2.19. The SMILES string of the molecule is COc1ccc(C/C=N/OC(=O)CCc2cccc3ccccc23)cc1. The van der Waals surface area contributed by atoms with Crippen molar-refractivity contribution in [1.29, 1.82) is 0 Å². The Bertz CT molecular complexity index is 895. The Balaban J connectivity index is 1.47. The second-order valence-corrected chi connectivity index (χ2v) is 5.94. The molecule has 0 saturated heterocycles. The third-order valence-electron chi connectivity index (χ3n) is 4.19. The second-order valence-electron chi connectivity index (χ2n) is 5.94. The molecule has 0 aliphatic carbocycles. The highest BCUT2D eigenvalue weighted by molar-refractivity contribution is 5.86. The number of oxime groups is 1. The maximum absolute atomic E-state index is 11.9. The van der Waals surface area contributed by atoms with E-state index in [-0.39, 0.29) is 5.97 Å². The van der Waals surface area contributed by atoms with Crippen LogP contribution in [-0.2, 0) is 22.5 Å². The maximum Gasteiger partial charge on any atom is 0.335 e.